The molecule has 0 atom stereocenters. The normalized spacial score (nSPS) is 10.7. The summed E-state index contributed by atoms with van der Waals surface area (Å²) in [5.74, 6) is 0.888. The minimum atomic E-state index is 0.509. The van der Waals surface area contributed by atoms with E-state index in [1.54, 1.807) is 6.20 Å². The summed E-state index contributed by atoms with van der Waals surface area (Å²) in [6, 6.07) is 22.1. The number of rotatable bonds is 8. The van der Waals surface area contributed by atoms with E-state index in [0.717, 1.165) is 41.2 Å². The second-order valence-electron chi connectivity index (χ2n) is 6.49. The zero-order valence-corrected chi connectivity index (χ0v) is 15.5. The SMILES string of the molecule is c1ccc(-n2cc(CNCc3ccccc3OCc3cccnc3)cn2)cc1. The van der Waals surface area contributed by atoms with Gasteiger partial charge in [0.15, 0.2) is 0 Å². The molecule has 2 aromatic heterocycles. The molecule has 4 rings (SSSR count). The molecule has 0 saturated carbocycles. The number of pyridine rings is 1. The minimum absolute atomic E-state index is 0.509. The van der Waals surface area contributed by atoms with Crippen LogP contribution in [0.1, 0.15) is 16.7 Å². The van der Waals surface area contributed by atoms with Crippen molar-refractivity contribution in [1.82, 2.24) is 20.1 Å². The molecule has 0 unspecified atom stereocenters. The fourth-order valence-electron chi connectivity index (χ4n) is 2.95. The molecule has 0 aliphatic carbocycles. The predicted molar refractivity (Wildman–Crippen MR) is 109 cm³/mol. The molecular formula is C23H22N4O. The lowest BCUT2D eigenvalue weighted by Gasteiger charge is -2.12. The van der Waals surface area contributed by atoms with Crippen molar-refractivity contribution in [3.63, 3.8) is 0 Å². The van der Waals surface area contributed by atoms with Crippen LogP contribution in [-0.2, 0) is 19.7 Å². The Bertz CT molecular complexity index is 999. The average molecular weight is 370 g/mol. The van der Waals surface area contributed by atoms with Gasteiger partial charge in [-0.05, 0) is 24.3 Å². The average Bonchev–Trinajstić information content (AvgIpc) is 3.23. The van der Waals surface area contributed by atoms with Crippen LogP contribution < -0.4 is 10.1 Å². The first-order valence-electron chi connectivity index (χ1n) is 9.28. The quantitative estimate of drug-likeness (QED) is 0.507. The summed E-state index contributed by atoms with van der Waals surface area (Å²) in [6.45, 7) is 1.97. The Morgan fingerprint density at radius 3 is 2.54 bits per heavy atom. The van der Waals surface area contributed by atoms with Crippen LogP contribution in [-0.4, -0.2) is 14.8 Å². The monoisotopic (exact) mass is 370 g/mol. The third kappa shape index (κ3) is 4.64. The van der Waals surface area contributed by atoms with Gasteiger partial charge in [0.25, 0.3) is 0 Å². The summed E-state index contributed by atoms with van der Waals surface area (Å²) in [7, 11) is 0. The first-order chi connectivity index (χ1) is 13.9. The van der Waals surface area contributed by atoms with Crippen LogP contribution in [0.15, 0.2) is 91.5 Å². The van der Waals surface area contributed by atoms with Crippen LogP contribution >= 0.6 is 0 Å². The van der Waals surface area contributed by atoms with Crippen molar-refractivity contribution in [2.75, 3.05) is 0 Å². The smallest absolute Gasteiger partial charge is 0.124 e. The van der Waals surface area contributed by atoms with Gasteiger partial charge in [0.1, 0.15) is 12.4 Å². The maximum absolute atomic E-state index is 5.99. The van der Waals surface area contributed by atoms with Gasteiger partial charge in [-0.25, -0.2) is 4.68 Å². The standard InChI is InChI=1S/C23H22N4O/c1-2-9-22(10-3-1)27-17-20(15-26-27)14-25-16-21-8-4-5-11-23(21)28-18-19-7-6-12-24-13-19/h1-13,15,17,25H,14,16,18H2. The second-order valence-corrected chi connectivity index (χ2v) is 6.49. The summed E-state index contributed by atoms with van der Waals surface area (Å²) in [5, 5.41) is 7.91. The number of benzene rings is 2. The topological polar surface area (TPSA) is 52.0 Å². The van der Waals surface area contributed by atoms with Crippen LogP contribution in [0.3, 0.4) is 0 Å². The lowest BCUT2D eigenvalue weighted by Crippen LogP contribution is -2.13. The summed E-state index contributed by atoms with van der Waals surface area (Å²) >= 11 is 0. The zero-order chi connectivity index (χ0) is 19.0. The van der Waals surface area contributed by atoms with E-state index in [1.807, 2.05) is 83.9 Å². The van der Waals surface area contributed by atoms with E-state index < -0.39 is 0 Å². The Hall–Kier alpha value is -3.44. The summed E-state index contributed by atoms with van der Waals surface area (Å²) in [6.07, 6.45) is 7.53. The van der Waals surface area contributed by atoms with Gasteiger partial charge in [-0.15, -0.1) is 0 Å². The molecule has 0 aliphatic rings. The van der Waals surface area contributed by atoms with Gasteiger partial charge in [-0.2, -0.15) is 5.10 Å². The van der Waals surface area contributed by atoms with Crippen LogP contribution in [0.2, 0.25) is 0 Å². The van der Waals surface area contributed by atoms with Crippen LogP contribution in [0, 0.1) is 0 Å². The number of nitrogens with one attached hydrogen (secondary N) is 1. The lowest BCUT2D eigenvalue weighted by molar-refractivity contribution is 0.301. The van der Waals surface area contributed by atoms with Crippen molar-refractivity contribution in [2.24, 2.45) is 0 Å². The number of aromatic nitrogens is 3. The number of hydrogen-bond acceptors (Lipinski definition) is 4. The van der Waals surface area contributed by atoms with E-state index in [2.05, 4.69) is 21.5 Å². The highest BCUT2D eigenvalue weighted by Gasteiger charge is 2.05. The fourth-order valence-corrected chi connectivity index (χ4v) is 2.95. The molecule has 5 heteroatoms. The Morgan fingerprint density at radius 2 is 1.68 bits per heavy atom. The molecule has 4 aromatic rings. The third-order valence-electron chi connectivity index (χ3n) is 4.39. The van der Waals surface area contributed by atoms with E-state index in [1.165, 1.54) is 0 Å². The highest BCUT2D eigenvalue weighted by atomic mass is 16.5. The van der Waals surface area contributed by atoms with E-state index in [-0.39, 0.29) is 0 Å². The van der Waals surface area contributed by atoms with E-state index in [9.17, 15) is 0 Å². The van der Waals surface area contributed by atoms with Crippen molar-refractivity contribution in [3.8, 4) is 11.4 Å². The number of nitrogens with zero attached hydrogens (tertiary/aromatic N) is 3. The summed E-state index contributed by atoms with van der Waals surface area (Å²) in [4.78, 5) is 4.13. The van der Waals surface area contributed by atoms with Gasteiger partial charge >= 0.3 is 0 Å². The Labute approximate surface area is 164 Å². The van der Waals surface area contributed by atoms with Gasteiger partial charge in [0, 0.05) is 48.4 Å². The highest BCUT2D eigenvalue weighted by Crippen LogP contribution is 2.19. The molecule has 0 spiro atoms. The molecule has 140 valence electrons. The largest absolute Gasteiger partial charge is 0.489 e. The van der Waals surface area contributed by atoms with Crippen LogP contribution in [0.5, 0.6) is 5.75 Å². The number of para-hydroxylation sites is 2. The Balaban J connectivity index is 1.33. The Kier molecular flexibility index (Phi) is 5.75. The molecule has 1 N–H and O–H groups in total. The zero-order valence-electron chi connectivity index (χ0n) is 15.5. The van der Waals surface area contributed by atoms with Crippen LogP contribution in [0.25, 0.3) is 5.69 Å². The van der Waals surface area contributed by atoms with E-state index in [0.29, 0.717) is 6.61 Å². The van der Waals surface area contributed by atoms with Gasteiger partial charge in [-0.1, -0.05) is 42.5 Å². The van der Waals surface area contributed by atoms with Crippen molar-refractivity contribution in [3.05, 3.63) is 108 Å². The van der Waals surface area contributed by atoms with Gasteiger partial charge in [0.2, 0.25) is 0 Å². The number of hydrogen-bond donors (Lipinski definition) is 1. The van der Waals surface area contributed by atoms with E-state index >= 15 is 0 Å². The van der Waals surface area contributed by atoms with Gasteiger partial charge < -0.3 is 10.1 Å². The summed E-state index contributed by atoms with van der Waals surface area (Å²) < 4.78 is 7.88. The second kappa shape index (κ2) is 8.97. The third-order valence-corrected chi connectivity index (χ3v) is 4.39. The van der Waals surface area contributed by atoms with Crippen LogP contribution in [0.4, 0.5) is 0 Å². The van der Waals surface area contributed by atoms with Crippen molar-refractivity contribution in [1.29, 1.82) is 0 Å². The van der Waals surface area contributed by atoms with E-state index in [4.69, 9.17) is 4.74 Å². The first kappa shape index (κ1) is 17.9. The van der Waals surface area contributed by atoms with Crippen molar-refractivity contribution in [2.45, 2.75) is 19.7 Å². The predicted octanol–water partition coefficient (Wildman–Crippen LogP) is 4.14. The molecular weight excluding hydrogens is 348 g/mol. The molecule has 0 saturated heterocycles. The molecule has 5 nitrogen and oxygen atoms in total. The molecule has 0 fully saturated rings. The van der Waals surface area contributed by atoms with Crippen molar-refractivity contribution >= 4 is 0 Å². The molecule has 2 aromatic carbocycles. The lowest BCUT2D eigenvalue weighted by atomic mass is 10.2. The van der Waals surface area contributed by atoms with Gasteiger partial charge in [-0.3, -0.25) is 4.98 Å². The minimum Gasteiger partial charge on any atom is -0.489 e. The molecule has 0 bridgehead atoms. The van der Waals surface area contributed by atoms with Gasteiger partial charge in [0.05, 0.1) is 11.9 Å². The maximum atomic E-state index is 5.99. The maximum Gasteiger partial charge on any atom is 0.124 e. The highest BCUT2D eigenvalue weighted by molar-refractivity contribution is 5.34. The molecule has 28 heavy (non-hydrogen) atoms. The molecule has 0 amide bonds. The molecule has 0 radical (unpaired) electrons. The van der Waals surface area contributed by atoms with Crippen molar-refractivity contribution < 1.29 is 4.74 Å². The number of ether oxygens (including phenoxy) is 1. The first-order valence-corrected chi connectivity index (χ1v) is 9.28. The molecule has 0 aliphatic heterocycles. The Morgan fingerprint density at radius 1 is 0.821 bits per heavy atom. The fraction of sp³-hybridized carbons (Fsp3) is 0.130. The summed E-state index contributed by atoms with van der Waals surface area (Å²) in [5.41, 5.74) is 4.38. The molecule has 2 heterocycles.